The Labute approximate surface area is 84.3 Å². The summed E-state index contributed by atoms with van der Waals surface area (Å²) in [6.07, 6.45) is 0. The normalized spacial score (nSPS) is 20.5. The molecule has 13 heavy (non-hydrogen) atoms. The molecule has 1 aromatic carbocycles. The molecule has 0 amide bonds. The van der Waals surface area contributed by atoms with E-state index < -0.39 is 0 Å². The minimum absolute atomic E-state index is 0.652. The maximum Gasteiger partial charge on any atom is 0.0402 e. The predicted octanol–water partition coefficient (Wildman–Crippen LogP) is 2.85. The average molecular weight is 196 g/mol. The van der Waals surface area contributed by atoms with Gasteiger partial charge in [-0.25, -0.2) is 0 Å². The number of hydrogen-bond acceptors (Lipinski definition) is 1. The second kappa shape index (κ2) is 3.59. The van der Waals surface area contributed by atoms with Gasteiger partial charge < -0.3 is 4.90 Å². The number of halogens is 1. The predicted molar refractivity (Wildman–Crippen MR) is 57.8 cm³/mol. The van der Waals surface area contributed by atoms with Gasteiger partial charge in [0.05, 0.1) is 0 Å². The molecule has 0 radical (unpaired) electrons. The van der Waals surface area contributed by atoms with Crippen molar-refractivity contribution in [1.82, 2.24) is 0 Å². The van der Waals surface area contributed by atoms with Gasteiger partial charge in [-0.3, -0.25) is 0 Å². The minimum Gasteiger partial charge on any atom is -0.370 e. The van der Waals surface area contributed by atoms with Crippen molar-refractivity contribution in [3.05, 3.63) is 29.8 Å². The van der Waals surface area contributed by atoms with E-state index in [0.717, 1.165) is 13.1 Å². The third kappa shape index (κ3) is 1.53. The summed E-state index contributed by atoms with van der Waals surface area (Å²) in [6.45, 7) is 4.35. The molecule has 2 heteroatoms. The summed E-state index contributed by atoms with van der Waals surface area (Å²) < 4.78 is 0. The molecule has 0 N–H and O–H groups in total. The van der Waals surface area contributed by atoms with E-state index in [2.05, 4.69) is 36.1 Å². The van der Waals surface area contributed by atoms with E-state index in [1.807, 2.05) is 0 Å². The summed E-state index contributed by atoms with van der Waals surface area (Å²) in [4.78, 5) is 2.37. The fraction of sp³-hybridized carbons (Fsp3) is 0.455. The number of fused-ring (bicyclic) bond motifs is 1. The quantitative estimate of drug-likeness (QED) is 0.656. The van der Waals surface area contributed by atoms with Gasteiger partial charge in [-0.15, -0.1) is 11.6 Å². The standard InChI is InChI=1S/C11H14ClN/c1-9-8-13(7-6-12)11-5-3-2-4-10(9)11/h2-5,9H,6-8H2,1H3. The van der Waals surface area contributed by atoms with E-state index in [4.69, 9.17) is 11.6 Å². The highest BCUT2D eigenvalue weighted by atomic mass is 35.5. The zero-order chi connectivity index (χ0) is 9.26. The van der Waals surface area contributed by atoms with Gasteiger partial charge in [0.1, 0.15) is 0 Å². The molecule has 0 fully saturated rings. The van der Waals surface area contributed by atoms with Gasteiger partial charge in [0.25, 0.3) is 0 Å². The fourth-order valence-corrected chi connectivity index (χ4v) is 2.24. The molecule has 0 spiro atoms. The van der Waals surface area contributed by atoms with Gasteiger partial charge >= 0.3 is 0 Å². The van der Waals surface area contributed by atoms with Crippen LogP contribution < -0.4 is 4.90 Å². The summed E-state index contributed by atoms with van der Waals surface area (Å²) in [5.41, 5.74) is 2.84. The van der Waals surface area contributed by atoms with Crippen molar-refractivity contribution in [2.24, 2.45) is 0 Å². The van der Waals surface area contributed by atoms with Crippen LogP contribution in [0.3, 0.4) is 0 Å². The molecule has 1 nitrogen and oxygen atoms in total. The summed E-state index contributed by atoms with van der Waals surface area (Å²) in [7, 11) is 0. The van der Waals surface area contributed by atoms with E-state index in [0.29, 0.717) is 11.8 Å². The van der Waals surface area contributed by atoms with E-state index in [1.165, 1.54) is 11.3 Å². The molecular formula is C11H14ClN. The van der Waals surface area contributed by atoms with Gasteiger partial charge in [0.15, 0.2) is 0 Å². The van der Waals surface area contributed by atoms with Crippen molar-refractivity contribution < 1.29 is 0 Å². The largest absolute Gasteiger partial charge is 0.370 e. The van der Waals surface area contributed by atoms with Crippen molar-refractivity contribution in [3.8, 4) is 0 Å². The van der Waals surface area contributed by atoms with Gasteiger partial charge in [-0.05, 0) is 11.6 Å². The molecule has 0 saturated heterocycles. The lowest BCUT2D eigenvalue weighted by molar-refractivity contribution is 0.764. The Kier molecular flexibility index (Phi) is 2.45. The molecule has 2 rings (SSSR count). The second-order valence-electron chi connectivity index (χ2n) is 3.59. The molecular weight excluding hydrogens is 182 g/mol. The topological polar surface area (TPSA) is 3.24 Å². The first-order chi connectivity index (χ1) is 6.33. The molecule has 1 heterocycles. The molecule has 0 aliphatic carbocycles. The lowest BCUT2D eigenvalue weighted by Gasteiger charge is -2.17. The summed E-state index contributed by atoms with van der Waals surface area (Å²) in [6, 6.07) is 8.61. The Morgan fingerprint density at radius 2 is 2.23 bits per heavy atom. The first-order valence-electron chi connectivity index (χ1n) is 4.72. The molecule has 1 atom stereocenters. The van der Waals surface area contributed by atoms with Crippen LogP contribution in [0.25, 0.3) is 0 Å². The number of benzene rings is 1. The highest BCUT2D eigenvalue weighted by Crippen LogP contribution is 2.35. The number of para-hydroxylation sites is 1. The third-order valence-electron chi connectivity index (χ3n) is 2.66. The van der Waals surface area contributed by atoms with Crippen LogP contribution >= 0.6 is 11.6 Å². The first-order valence-corrected chi connectivity index (χ1v) is 5.26. The van der Waals surface area contributed by atoms with Crippen LogP contribution in [0.4, 0.5) is 5.69 Å². The van der Waals surface area contributed by atoms with Gasteiger partial charge in [-0.2, -0.15) is 0 Å². The Morgan fingerprint density at radius 1 is 1.46 bits per heavy atom. The minimum atomic E-state index is 0.652. The maximum absolute atomic E-state index is 5.75. The van der Waals surface area contributed by atoms with Crippen molar-refractivity contribution in [2.75, 3.05) is 23.9 Å². The zero-order valence-electron chi connectivity index (χ0n) is 7.83. The van der Waals surface area contributed by atoms with Crippen LogP contribution in [0.1, 0.15) is 18.4 Å². The Hall–Kier alpha value is -0.690. The van der Waals surface area contributed by atoms with Crippen molar-refractivity contribution in [2.45, 2.75) is 12.8 Å². The molecule has 1 aliphatic rings. The van der Waals surface area contributed by atoms with Crippen LogP contribution in [0.15, 0.2) is 24.3 Å². The van der Waals surface area contributed by atoms with Crippen molar-refractivity contribution in [1.29, 1.82) is 0 Å². The smallest absolute Gasteiger partial charge is 0.0402 e. The summed E-state index contributed by atoms with van der Waals surface area (Å²) in [5, 5.41) is 0. The van der Waals surface area contributed by atoms with Crippen molar-refractivity contribution in [3.63, 3.8) is 0 Å². The Balaban J connectivity index is 2.30. The molecule has 1 unspecified atom stereocenters. The monoisotopic (exact) mass is 195 g/mol. The van der Waals surface area contributed by atoms with E-state index >= 15 is 0 Å². The summed E-state index contributed by atoms with van der Waals surface area (Å²) in [5.74, 6) is 1.36. The third-order valence-corrected chi connectivity index (χ3v) is 2.83. The lowest BCUT2D eigenvalue weighted by Crippen LogP contribution is -2.23. The van der Waals surface area contributed by atoms with E-state index in [-0.39, 0.29) is 0 Å². The van der Waals surface area contributed by atoms with Crippen LogP contribution in [0.5, 0.6) is 0 Å². The first kappa shape index (κ1) is 8.89. The van der Waals surface area contributed by atoms with Crippen LogP contribution in [0, 0.1) is 0 Å². The average Bonchev–Trinajstić information content (AvgIpc) is 2.46. The highest BCUT2D eigenvalue weighted by molar-refractivity contribution is 6.18. The van der Waals surface area contributed by atoms with E-state index in [1.54, 1.807) is 0 Å². The number of nitrogens with zero attached hydrogens (tertiary/aromatic N) is 1. The van der Waals surface area contributed by atoms with Gasteiger partial charge in [-0.1, -0.05) is 25.1 Å². The lowest BCUT2D eigenvalue weighted by atomic mass is 10.0. The number of rotatable bonds is 2. The van der Waals surface area contributed by atoms with Crippen LogP contribution in [0.2, 0.25) is 0 Å². The Morgan fingerprint density at radius 3 is 3.00 bits per heavy atom. The molecule has 0 saturated carbocycles. The number of alkyl halides is 1. The zero-order valence-corrected chi connectivity index (χ0v) is 8.59. The summed E-state index contributed by atoms with van der Waals surface area (Å²) >= 11 is 5.75. The van der Waals surface area contributed by atoms with Gasteiger partial charge in [0.2, 0.25) is 0 Å². The molecule has 0 aromatic heterocycles. The molecule has 70 valence electrons. The second-order valence-corrected chi connectivity index (χ2v) is 3.97. The highest BCUT2D eigenvalue weighted by Gasteiger charge is 2.23. The number of hydrogen-bond donors (Lipinski definition) is 0. The maximum atomic E-state index is 5.75. The van der Waals surface area contributed by atoms with Crippen LogP contribution in [-0.2, 0) is 0 Å². The van der Waals surface area contributed by atoms with Gasteiger partial charge in [0, 0.05) is 30.6 Å². The van der Waals surface area contributed by atoms with Crippen LogP contribution in [-0.4, -0.2) is 19.0 Å². The SMILES string of the molecule is CC1CN(CCCl)c2ccccc21. The molecule has 0 bridgehead atoms. The van der Waals surface area contributed by atoms with E-state index in [9.17, 15) is 0 Å². The number of anilines is 1. The molecule has 1 aliphatic heterocycles. The van der Waals surface area contributed by atoms with Crippen molar-refractivity contribution >= 4 is 17.3 Å². The Bertz CT molecular complexity index is 298. The fourth-order valence-electron chi connectivity index (χ4n) is 2.03. The molecule has 1 aromatic rings.